The molecule has 1 fully saturated rings. The largest absolute Gasteiger partial charge is 0.493 e. The van der Waals surface area contributed by atoms with E-state index in [1.165, 1.54) is 19.3 Å². The lowest BCUT2D eigenvalue weighted by Crippen LogP contribution is -2.40. The van der Waals surface area contributed by atoms with Crippen molar-refractivity contribution in [1.29, 1.82) is 0 Å². The molecule has 0 unspecified atom stereocenters. The van der Waals surface area contributed by atoms with E-state index in [0.29, 0.717) is 29.8 Å². The van der Waals surface area contributed by atoms with Crippen molar-refractivity contribution in [3.8, 4) is 17.2 Å². The zero-order valence-corrected chi connectivity index (χ0v) is 17.5. The number of benzene rings is 1. The predicted octanol–water partition coefficient (Wildman–Crippen LogP) is 4.24. The first-order valence-electron chi connectivity index (χ1n) is 10.1. The van der Waals surface area contributed by atoms with Crippen LogP contribution in [0.25, 0.3) is 0 Å². The quantitative estimate of drug-likeness (QED) is 0.509. The van der Waals surface area contributed by atoms with Crippen LogP contribution in [0.3, 0.4) is 0 Å². The number of ether oxygens (including phenoxy) is 3. The minimum atomic E-state index is 0.431. The molecule has 1 aromatic carbocycles. The Balaban J connectivity index is 1.77. The molecule has 0 saturated heterocycles. The molecule has 3 rings (SSSR count). The summed E-state index contributed by atoms with van der Waals surface area (Å²) in [5.41, 5.74) is 0.819. The minimum absolute atomic E-state index is 0.431. The Labute approximate surface area is 172 Å². The lowest BCUT2D eigenvalue weighted by atomic mass is 9.96. The average molecular weight is 402 g/mol. The standard InChI is InChI=1S/C22H31N3O4/c1-26-19-14-17(15-20(27-2)21(19)28-3)25-22(24-16-8-5-4-6-9-16)23-12-11-18-10-7-13-29-18/h7,10,13-16H,4-6,8-9,11-12H2,1-3H3,(H2,23,24,25). The third kappa shape index (κ3) is 5.82. The van der Waals surface area contributed by atoms with Gasteiger partial charge in [-0.25, -0.2) is 0 Å². The monoisotopic (exact) mass is 401 g/mol. The second-order valence-corrected chi connectivity index (χ2v) is 7.08. The number of hydrogen-bond acceptors (Lipinski definition) is 5. The molecule has 0 aliphatic heterocycles. The number of anilines is 1. The Morgan fingerprint density at radius 1 is 1.07 bits per heavy atom. The second kappa shape index (κ2) is 10.6. The fraction of sp³-hybridized carbons (Fsp3) is 0.500. The summed E-state index contributed by atoms with van der Waals surface area (Å²) in [6.07, 6.45) is 8.57. The van der Waals surface area contributed by atoms with Gasteiger partial charge in [0.25, 0.3) is 0 Å². The molecule has 0 bridgehead atoms. The summed E-state index contributed by atoms with van der Waals surface area (Å²) in [7, 11) is 4.82. The smallest absolute Gasteiger partial charge is 0.203 e. The maximum Gasteiger partial charge on any atom is 0.203 e. The summed E-state index contributed by atoms with van der Waals surface area (Å²) in [6.45, 7) is 0.625. The zero-order chi connectivity index (χ0) is 20.5. The highest BCUT2D eigenvalue weighted by Gasteiger charge is 2.17. The topological polar surface area (TPSA) is 77.2 Å². The fourth-order valence-corrected chi connectivity index (χ4v) is 3.58. The van der Waals surface area contributed by atoms with E-state index < -0.39 is 0 Å². The molecule has 1 heterocycles. The molecule has 1 aromatic heterocycles. The van der Waals surface area contributed by atoms with Crippen molar-refractivity contribution in [3.05, 3.63) is 36.3 Å². The van der Waals surface area contributed by atoms with Crippen molar-refractivity contribution < 1.29 is 18.6 Å². The number of rotatable bonds is 8. The Hall–Kier alpha value is -2.83. The first-order chi connectivity index (χ1) is 14.2. The summed E-state index contributed by atoms with van der Waals surface area (Å²) in [6, 6.07) is 8.06. The number of hydrogen-bond donors (Lipinski definition) is 2. The van der Waals surface area contributed by atoms with Crippen LogP contribution in [0, 0.1) is 0 Å². The van der Waals surface area contributed by atoms with Gasteiger partial charge in [-0.05, 0) is 25.0 Å². The van der Waals surface area contributed by atoms with Crippen molar-refractivity contribution in [2.24, 2.45) is 4.99 Å². The van der Waals surface area contributed by atoms with E-state index in [-0.39, 0.29) is 0 Å². The molecule has 0 spiro atoms. The Kier molecular flexibility index (Phi) is 7.67. The van der Waals surface area contributed by atoms with E-state index in [1.807, 2.05) is 24.3 Å². The van der Waals surface area contributed by atoms with Gasteiger partial charge in [0.15, 0.2) is 17.5 Å². The van der Waals surface area contributed by atoms with E-state index in [9.17, 15) is 0 Å². The van der Waals surface area contributed by atoms with Crippen LogP contribution in [0.1, 0.15) is 37.9 Å². The SMILES string of the molecule is COc1cc(NC(=NCCc2ccco2)NC2CCCCC2)cc(OC)c1OC. The third-order valence-electron chi connectivity index (χ3n) is 5.08. The predicted molar refractivity (Wildman–Crippen MR) is 114 cm³/mol. The van der Waals surface area contributed by atoms with Crippen molar-refractivity contribution in [2.45, 2.75) is 44.6 Å². The molecule has 0 atom stereocenters. The third-order valence-corrected chi connectivity index (χ3v) is 5.08. The second-order valence-electron chi connectivity index (χ2n) is 7.08. The summed E-state index contributed by atoms with van der Waals surface area (Å²) >= 11 is 0. The van der Waals surface area contributed by atoms with Gasteiger partial charge < -0.3 is 29.3 Å². The van der Waals surface area contributed by atoms with Gasteiger partial charge in [-0.15, -0.1) is 0 Å². The van der Waals surface area contributed by atoms with Gasteiger partial charge in [0, 0.05) is 36.8 Å². The molecule has 1 aliphatic rings. The zero-order valence-electron chi connectivity index (χ0n) is 17.5. The van der Waals surface area contributed by atoms with Gasteiger partial charge in [0.2, 0.25) is 5.75 Å². The van der Waals surface area contributed by atoms with Gasteiger partial charge in [0.1, 0.15) is 5.76 Å². The number of guanidine groups is 1. The van der Waals surface area contributed by atoms with Gasteiger partial charge in [-0.3, -0.25) is 4.99 Å². The lowest BCUT2D eigenvalue weighted by Gasteiger charge is -2.25. The Morgan fingerprint density at radius 2 is 1.79 bits per heavy atom. The molecule has 158 valence electrons. The normalized spacial score (nSPS) is 15.1. The average Bonchev–Trinajstić information content (AvgIpc) is 3.27. The highest BCUT2D eigenvalue weighted by atomic mass is 16.5. The van der Waals surface area contributed by atoms with Gasteiger partial charge in [-0.1, -0.05) is 19.3 Å². The molecule has 7 heteroatoms. The number of methoxy groups -OCH3 is 3. The van der Waals surface area contributed by atoms with Gasteiger partial charge >= 0.3 is 0 Å². The molecule has 29 heavy (non-hydrogen) atoms. The lowest BCUT2D eigenvalue weighted by molar-refractivity contribution is 0.324. The maximum atomic E-state index is 5.46. The van der Waals surface area contributed by atoms with Gasteiger partial charge in [0.05, 0.1) is 27.6 Å². The van der Waals surface area contributed by atoms with E-state index in [0.717, 1.165) is 36.7 Å². The summed E-state index contributed by atoms with van der Waals surface area (Å²) < 4.78 is 21.8. The number of aliphatic imine (C=N–C) groups is 1. The maximum absolute atomic E-state index is 5.46. The van der Waals surface area contributed by atoms with Crippen LogP contribution in [-0.2, 0) is 6.42 Å². The molecule has 1 saturated carbocycles. The van der Waals surface area contributed by atoms with Crippen LogP contribution in [0.2, 0.25) is 0 Å². The minimum Gasteiger partial charge on any atom is -0.493 e. The Morgan fingerprint density at radius 3 is 2.38 bits per heavy atom. The summed E-state index contributed by atoms with van der Waals surface area (Å²) in [5.74, 6) is 3.44. The number of nitrogens with one attached hydrogen (secondary N) is 2. The molecule has 0 radical (unpaired) electrons. The summed E-state index contributed by atoms with van der Waals surface area (Å²) in [5, 5.41) is 6.98. The van der Waals surface area contributed by atoms with Crippen molar-refractivity contribution in [3.63, 3.8) is 0 Å². The van der Waals surface area contributed by atoms with Crippen LogP contribution in [0.5, 0.6) is 17.2 Å². The fourth-order valence-electron chi connectivity index (χ4n) is 3.58. The Bertz CT molecular complexity index is 758. The van der Waals surface area contributed by atoms with E-state index >= 15 is 0 Å². The molecular formula is C22H31N3O4. The van der Waals surface area contributed by atoms with Crippen molar-refractivity contribution >= 4 is 11.6 Å². The first-order valence-corrected chi connectivity index (χ1v) is 10.1. The van der Waals surface area contributed by atoms with E-state index in [4.69, 9.17) is 23.6 Å². The van der Waals surface area contributed by atoms with Crippen LogP contribution in [0.15, 0.2) is 39.9 Å². The summed E-state index contributed by atoms with van der Waals surface area (Å²) in [4.78, 5) is 4.76. The highest BCUT2D eigenvalue weighted by Crippen LogP contribution is 2.39. The molecule has 1 aliphatic carbocycles. The van der Waals surface area contributed by atoms with E-state index in [1.54, 1.807) is 27.6 Å². The van der Waals surface area contributed by atoms with Crippen LogP contribution >= 0.6 is 0 Å². The first kappa shape index (κ1) is 20.9. The van der Waals surface area contributed by atoms with Crippen LogP contribution < -0.4 is 24.8 Å². The van der Waals surface area contributed by atoms with E-state index in [2.05, 4.69) is 10.6 Å². The molecular weight excluding hydrogens is 370 g/mol. The van der Waals surface area contributed by atoms with Gasteiger partial charge in [-0.2, -0.15) is 0 Å². The number of nitrogens with zero attached hydrogens (tertiary/aromatic N) is 1. The van der Waals surface area contributed by atoms with Crippen molar-refractivity contribution in [2.75, 3.05) is 33.2 Å². The number of furan rings is 1. The molecule has 2 N–H and O–H groups in total. The molecule has 7 nitrogen and oxygen atoms in total. The highest BCUT2D eigenvalue weighted by molar-refractivity contribution is 5.94. The molecule has 2 aromatic rings. The van der Waals surface area contributed by atoms with Crippen LogP contribution in [-0.4, -0.2) is 39.9 Å². The van der Waals surface area contributed by atoms with Crippen molar-refractivity contribution in [1.82, 2.24) is 5.32 Å². The molecule has 0 amide bonds. The van der Waals surface area contributed by atoms with Crippen LogP contribution in [0.4, 0.5) is 5.69 Å².